The first kappa shape index (κ1) is 20.5. The van der Waals surface area contributed by atoms with Crippen molar-refractivity contribution in [2.45, 2.75) is 16.1 Å². The second-order valence-electron chi connectivity index (χ2n) is 8.70. The number of hydrogen-bond donors (Lipinski definition) is 0. The Morgan fingerprint density at radius 3 is 2.74 bits per heavy atom. The minimum Gasteiger partial charge on any atom is -0.362 e. The van der Waals surface area contributed by atoms with Crippen LogP contribution in [-0.2, 0) is 0 Å². The molecule has 0 saturated heterocycles. The molecule has 0 spiro atoms. The molecule has 6 rings (SSSR count). The fourth-order valence-corrected chi connectivity index (χ4v) is 6.54. The number of thioether (sulfide) groups is 1. The Labute approximate surface area is 203 Å². The third kappa shape index (κ3) is 3.25. The van der Waals surface area contributed by atoms with E-state index in [9.17, 15) is 10.5 Å². The van der Waals surface area contributed by atoms with E-state index in [-0.39, 0.29) is 5.25 Å². The minimum atomic E-state index is 0.283. The normalized spacial score (nSPS) is 20.1. The van der Waals surface area contributed by atoms with E-state index in [1.807, 2.05) is 41.9 Å². The van der Waals surface area contributed by atoms with Crippen LogP contribution in [0, 0.1) is 22.7 Å². The number of nitriles is 2. The lowest BCUT2D eigenvalue weighted by Gasteiger charge is -2.28. The fourth-order valence-electron chi connectivity index (χ4n) is 5.09. The molecule has 0 bridgehead atoms. The molecular weight excluding hydrogens is 436 g/mol. The highest BCUT2D eigenvalue weighted by Crippen LogP contribution is 2.54. The summed E-state index contributed by atoms with van der Waals surface area (Å²) in [6, 6.07) is 23.6. The predicted octanol–water partition coefficient (Wildman–Crippen LogP) is 5.74. The molecule has 3 aromatic rings. The molecule has 5 heteroatoms. The van der Waals surface area contributed by atoms with Crippen LogP contribution >= 0.6 is 11.8 Å². The van der Waals surface area contributed by atoms with Gasteiger partial charge in [-0.1, -0.05) is 48.6 Å². The van der Waals surface area contributed by atoms with Crippen molar-refractivity contribution >= 4 is 22.9 Å². The van der Waals surface area contributed by atoms with Gasteiger partial charge < -0.3 is 4.90 Å². The lowest BCUT2D eigenvalue weighted by Crippen LogP contribution is -2.19. The van der Waals surface area contributed by atoms with E-state index in [0.29, 0.717) is 17.3 Å². The van der Waals surface area contributed by atoms with Crippen molar-refractivity contribution in [2.75, 3.05) is 13.6 Å². The Bertz CT molecular complexity index is 1520. The Hall–Kier alpha value is -4.06. The van der Waals surface area contributed by atoms with E-state index in [1.165, 1.54) is 21.6 Å². The molecule has 2 unspecified atom stereocenters. The number of pyridine rings is 1. The van der Waals surface area contributed by atoms with Crippen molar-refractivity contribution in [1.82, 2.24) is 9.88 Å². The monoisotopic (exact) mass is 456 g/mol. The molecule has 0 radical (unpaired) electrons. The zero-order valence-corrected chi connectivity index (χ0v) is 19.4. The molecule has 2 aliphatic heterocycles. The van der Waals surface area contributed by atoms with Gasteiger partial charge in [0.15, 0.2) is 0 Å². The summed E-state index contributed by atoms with van der Waals surface area (Å²) in [6.07, 6.45) is 8.22. The third-order valence-corrected chi connectivity index (χ3v) is 8.07. The highest BCUT2D eigenvalue weighted by molar-refractivity contribution is 8.00. The number of hydrogen-bond acceptors (Lipinski definition) is 5. The maximum Gasteiger partial charge on any atom is 0.141 e. The van der Waals surface area contributed by atoms with Crippen molar-refractivity contribution in [1.29, 1.82) is 10.5 Å². The van der Waals surface area contributed by atoms with Crippen molar-refractivity contribution < 1.29 is 0 Å². The average Bonchev–Trinajstić information content (AvgIpc) is 3.26. The molecule has 0 fully saturated rings. The molecule has 2 atom stereocenters. The predicted molar refractivity (Wildman–Crippen MR) is 135 cm³/mol. The Morgan fingerprint density at radius 1 is 1.00 bits per heavy atom. The van der Waals surface area contributed by atoms with Gasteiger partial charge in [0.25, 0.3) is 0 Å². The minimum absolute atomic E-state index is 0.283. The quantitative estimate of drug-likeness (QED) is 0.492. The molecule has 0 amide bonds. The van der Waals surface area contributed by atoms with Crippen LogP contribution in [0.1, 0.15) is 39.4 Å². The van der Waals surface area contributed by atoms with E-state index >= 15 is 0 Å². The summed E-state index contributed by atoms with van der Waals surface area (Å²) in [6.45, 7) is 0.736. The van der Waals surface area contributed by atoms with Crippen molar-refractivity contribution in [2.24, 2.45) is 0 Å². The van der Waals surface area contributed by atoms with Crippen LogP contribution in [0.4, 0.5) is 0 Å². The van der Waals surface area contributed by atoms with E-state index in [0.717, 1.165) is 28.8 Å². The van der Waals surface area contributed by atoms with Crippen LogP contribution in [0.15, 0.2) is 89.6 Å². The van der Waals surface area contributed by atoms with Gasteiger partial charge in [-0.2, -0.15) is 10.5 Å². The largest absolute Gasteiger partial charge is 0.362 e. The highest BCUT2D eigenvalue weighted by atomic mass is 32.2. The second-order valence-corrected chi connectivity index (χ2v) is 9.92. The van der Waals surface area contributed by atoms with Gasteiger partial charge in [-0.15, -0.1) is 11.8 Å². The van der Waals surface area contributed by atoms with E-state index in [4.69, 9.17) is 0 Å². The first-order valence-electron chi connectivity index (χ1n) is 11.2. The van der Waals surface area contributed by atoms with Crippen LogP contribution in [0.2, 0.25) is 0 Å². The Kier molecular flexibility index (Phi) is 4.87. The molecule has 1 aliphatic carbocycles. The molecule has 4 nitrogen and oxygen atoms in total. The summed E-state index contributed by atoms with van der Waals surface area (Å²) in [4.78, 5) is 7.40. The van der Waals surface area contributed by atoms with E-state index in [2.05, 4.69) is 71.7 Å². The molecule has 0 N–H and O–H groups in total. The number of allylic oxidation sites excluding steroid dienone is 3. The molecule has 2 aromatic carbocycles. The lowest BCUT2D eigenvalue weighted by molar-refractivity contribution is 0.479. The van der Waals surface area contributed by atoms with Gasteiger partial charge in [-0.3, -0.25) is 0 Å². The van der Waals surface area contributed by atoms with Crippen LogP contribution < -0.4 is 0 Å². The SMILES string of the molecule is CN1CC=C(c2ccc3c(c2)SC2C=C(c4ccnc(C#N)c4)c4ccccc4C32)C=C1C#N. The summed E-state index contributed by atoms with van der Waals surface area (Å²) in [5, 5.41) is 19.1. The van der Waals surface area contributed by atoms with E-state index < -0.39 is 0 Å². The van der Waals surface area contributed by atoms with Gasteiger partial charge in [0.2, 0.25) is 0 Å². The van der Waals surface area contributed by atoms with Crippen LogP contribution in [0.25, 0.3) is 11.1 Å². The van der Waals surface area contributed by atoms with Gasteiger partial charge in [0.1, 0.15) is 23.5 Å². The number of aromatic nitrogens is 1. The summed E-state index contributed by atoms with van der Waals surface area (Å²) in [7, 11) is 1.94. The molecule has 3 aliphatic rings. The summed E-state index contributed by atoms with van der Waals surface area (Å²) >= 11 is 1.90. The summed E-state index contributed by atoms with van der Waals surface area (Å²) < 4.78 is 0. The van der Waals surface area contributed by atoms with E-state index in [1.54, 1.807) is 6.20 Å². The molecule has 3 heterocycles. The second kappa shape index (κ2) is 8.06. The Morgan fingerprint density at radius 2 is 1.88 bits per heavy atom. The van der Waals surface area contributed by atoms with Crippen molar-refractivity contribution in [3.8, 4) is 12.1 Å². The molecule has 162 valence electrons. The molecule has 34 heavy (non-hydrogen) atoms. The molecular formula is C29H20N4S. The number of benzene rings is 2. The van der Waals surface area contributed by atoms with Crippen molar-refractivity contribution in [3.63, 3.8) is 0 Å². The van der Waals surface area contributed by atoms with Gasteiger partial charge in [-0.25, -0.2) is 4.98 Å². The topological polar surface area (TPSA) is 63.7 Å². The van der Waals surface area contributed by atoms with Crippen LogP contribution in [0.5, 0.6) is 0 Å². The zero-order valence-electron chi connectivity index (χ0n) is 18.6. The Balaban J connectivity index is 1.43. The summed E-state index contributed by atoms with van der Waals surface area (Å²) in [5.74, 6) is 0.294. The van der Waals surface area contributed by atoms with Crippen LogP contribution in [0.3, 0.4) is 0 Å². The lowest BCUT2D eigenvalue weighted by atomic mass is 9.77. The average molecular weight is 457 g/mol. The van der Waals surface area contributed by atoms with Gasteiger partial charge >= 0.3 is 0 Å². The van der Waals surface area contributed by atoms with Gasteiger partial charge in [-0.05, 0) is 63.2 Å². The smallest absolute Gasteiger partial charge is 0.141 e. The van der Waals surface area contributed by atoms with Crippen molar-refractivity contribution in [3.05, 3.63) is 118 Å². The maximum absolute atomic E-state index is 9.45. The van der Waals surface area contributed by atoms with Gasteiger partial charge in [0.05, 0.1) is 0 Å². The molecule has 0 saturated carbocycles. The maximum atomic E-state index is 9.45. The number of fused-ring (bicyclic) bond motifs is 5. The first-order chi connectivity index (χ1) is 16.7. The van der Waals surface area contributed by atoms with Gasteiger partial charge in [0, 0.05) is 35.9 Å². The third-order valence-electron chi connectivity index (χ3n) is 6.78. The number of likely N-dealkylation sites (N-methyl/N-ethyl adjacent to an activating group) is 1. The molecule has 1 aromatic heterocycles. The number of rotatable bonds is 2. The zero-order chi connectivity index (χ0) is 23.2. The standard InChI is InChI=1S/C29H20N4S/c1-33-11-9-19(13-22(33)17-31)18-6-7-25-27(14-18)34-28-15-26(20-8-10-32-21(12-20)16-30)23-4-2-3-5-24(23)29(25)28/h2-10,12-15,28-29H,11H2,1H3. The fraction of sp³-hybridized carbons (Fsp3) is 0.138. The number of nitrogens with zero attached hydrogens (tertiary/aromatic N) is 4. The van der Waals surface area contributed by atoms with Crippen LogP contribution in [-0.4, -0.2) is 28.7 Å². The first-order valence-corrected chi connectivity index (χ1v) is 12.1. The summed E-state index contributed by atoms with van der Waals surface area (Å²) in [5.41, 5.74) is 9.46. The highest BCUT2D eigenvalue weighted by Gasteiger charge is 2.38.